The average Bonchev–Trinajstić information content (AvgIpc) is 2.42. The van der Waals surface area contributed by atoms with Crippen molar-refractivity contribution in [1.29, 1.82) is 0 Å². The van der Waals surface area contributed by atoms with Crippen molar-refractivity contribution in [3.63, 3.8) is 0 Å². The van der Waals surface area contributed by atoms with Gasteiger partial charge in [-0.05, 0) is 44.4 Å². The molecule has 1 aromatic rings. The summed E-state index contributed by atoms with van der Waals surface area (Å²) < 4.78 is 39.0. The molecule has 1 aliphatic heterocycles. The van der Waals surface area contributed by atoms with E-state index in [4.69, 9.17) is 0 Å². The molecule has 0 amide bonds. The van der Waals surface area contributed by atoms with Gasteiger partial charge in [-0.3, -0.25) is 4.72 Å². The predicted octanol–water partition coefficient (Wildman–Crippen LogP) is 2.58. The highest BCUT2D eigenvalue weighted by molar-refractivity contribution is 7.92. The van der Waals surface area contributed by atoms with E-state index in [0.29, 0.717) is 0 Å². The third-order valence-electron chi connectivity index (χ3n) is 3.32. The minimum absolute atomic E-state index is 0.0323. The second-order valence-corrected chi connectivity index (χ2v) is 6.73. The molecule has 1 heterocycles. The Morgan fingerprint density at radius 1 is 1.26 bits per heavy atom. The number of piperidine rings is 1. The molecule has 1 aromatic carbocycles. The predicted molar refractivity (Wildman–Crippen MR) is 75.5 cm³/mol. The molecule has 6 heteroatoms. The number of benzene rings is 1. The first-order chi connectivity index (χ1) is 9.02. The van der Waals surface area contributed by atoms with E-state index >= 15 is 0 Å². The minimum atomic E-state index is -3.45. The zero-order valence-corrected chi connectivity index (χ0v) is 11.8. The molecule has 1 fully saturated rings. The first kappa shape index (κ1) is 14.1. The maximum absolute atomic E-state index is 13.7. The fourth-order valence-corrected chi connectivity index (χ4v) is 2.82. The molecule has 1 aliphatic rings. The SMILES string of the molecule is CCS(=O)(=O)Nc1cc(N2CCCCC2)ccc1F. The Balaban J connectivity index is 2.24. The third kappa shape index (κ3) is 3.59. The number of sulfonamides is 1. The van der Waals surface area contributed by atoms with Crippen molar-refractivity contribution < 1.29 is 12.8 Å². The number of hydrogen-bond acceptors (Lipinski definition) is 3. The van der Waals surface area contributed by atoms with Gasteiger partial charge in [-0.1, -0.05) is 0 Å². The van der Waals surface area contributed by atoms with Crippen molar-refractivity contribution in [1.82, 2.24) is 0 Å². The second kappa shape index (κ2) is 5.77. The van der Waals surface area contributed by atoms with Crippen LogP contribution in [0.2, 0.25) is 0 Å². The van der Waals surface area contributed by atoms with Crippen LogP contribution >= 0.6 is 0 Å². The van der Waals surface area contributed by atoms with Gasteiger partial charge in [-0.15, -0.1) is 0 Å². The summed E-state index contributed by atoms with van der Waals surface area (Å²) >= 11 is 0. The van der Waals surface area contributed by atoms with E-state index in [-0.39, 0.29) is 11.4 Å². The van der Waals surface area contributed by atoms with Crippen LogP contribution < -0.4 is 9.62 Å². The molecule has 1 N–H and O–H groups in total. The summed E-state index contributed by atoms with van der Waals surface area (Å²) in [5.41, 5.74) is 0.903. The lowest BCUT2D eigenvalue weighted by Gasteiger charge is -2.29. The zero-order chi connectivity index (χ0) is 13.9. The van der Waals surface area contributed by atoms with Crippen LogP contribution in [-0.2, 0) is 10.0 Å². The number of nitrogens with one attached hydrogen (secondary N) is 1. The number of hydrogen-bond donors (Lipinski definition) is 1. The molecule has 4 nitrogen and oxygen atoms in total. The molecular formula is C13H19FN2O2S. The van der Waals surface area contributed by atoms with Gasteiger partial charge in [0.1, 0.15) is 5.82 Å². The topological polar surface area (TPSA) is 49.4 Å². The Kier molecular flexibility index (Phi) is 4.29. The van der Waals surface area contributed by atoms with Crippen LogP contribution in [-0.4, -0.2) is 27.3 Å². The summed E-state index contributed by atoms with van der Waals surface area (Å²) in [7, 11) is -3.45. The van der Waals surface area contributed by atoms with Gasteiger partial charge < -0.3 is 4.90 Å². The first-order valence-electron chi connectivity index (χ1n) is 6.57. The molecular weight excluding hydrogens is 267 g/mol. The van der Waals surface area contributed by atoms with Gasteiger partial charge in [-0.2, -0.15) is 0 Å². The molecule has 0 spiro atoms. The number of anilines is 2. The van der Waals surface area contributed by atoms with Gasteiger partial charge in [0.05, 0.1) is 11.4 Å². The first-order valence-corrected chi connectivity index (χ1v) is 8.22. The van der Waals surface area contributed by atoms with Crippen LogP contribution in [0, 0.1) is 5.82 Å². The van der Waals surface area contributed by atoms with Crippen LogP contribution in [0.15, 0.2) is 18.2 Å². The van der Waals surface area contributed by atoms with Gasteiger partial charge in [0.15, 0.2) is 0 Å². The molecule has 0 bridgehead atoms. The summed E-state index contributed by atoms with van der Waals surface area (Å²) in [5, 5.41) is 0. The summed E-state index contributed by atoms with van der Waals surface area (Å²) in [5.74, 6) is -0.613. The fraction of sp³-hybridized carbons (Fsp3) is 0.538. The monoisotopic (exact) mass is 286 g/mol. The maximum Gasteiger partial charge on any atom is 0.232 e. The molecule has 0 aromatic heterocycles. The van der Waals surface area contributed by atoms with E-state index < -0.39 is 15.8 Å². The third-order valence-corrected chi connectivity index (χ3v) is 4.61. The fourth-order valence-electron chi connectivity index (χ4n) is 2.18. The van der Waals surface area contributed by atoms with Gasteiger partial charge in [0.25, 0.3) is 0 Å². The molecule has 106 valence electrons. The van der Waals surface area contributed by atoms with E-state index in [1.165, 1.54) is 19.4 Å². The minimum Gasteiger partial charge on any atom is -0.371 e. The summed E-state index contributed by atoms with van der Waals surface area (Å²) in [4.78, 5) is 2.16. The molecule has 0 saturated carbocycles. The van der Waals surface area contributed by atoms with Crippen molar-refractivity contribution in [3.05, 3.63) is 24.0 Å². The van der Waals surface area contributed by atoms with E-state index in [2.05, 4.69) is 9.62 Å². The highest BCUT2D eigenvalue weighted by Gasteiger charge is 2.15. The van der Waals surface area contributed by atoms with Crippen molar-refractivity contribution >= 4 is 21.4 Å². The summed E-state index contributed by atoms with van der Waals surface area (Å²) in [6, 6.07) is 4.59. The summed E-state index contributed by atoms with van der Waals surface area (Å²) in [6.07, 6.45) is 3.45. The quantitative estimate of drug-likeness (QED) is 0.925. The van der Waals surface area contributed by atoms with Gasteiger partial charge in [-0.25, -0.2) is 12.8 Å². The molecule has 0 atom stereocenters. The standard InChI is InChI=1S/C13H19FN2O2S/c1-2-19(17,18)15-13-10-11(6-7-12(13)14)16-8-4-3-5-9-16/h6-7,10,15H,2-5,8-9H2,1H3. The van der Waals surface area contributed by atoms with Crippen molar-refractivity contribution in [2.24, 2.45) is 0 Å². The molecule has 0 aliphatic carbocycles. The van der Waals surface area contributed by atoms with Crippen LogP contribution in [0.25, 0.3) is 0 Å². The molecule has 19 heavy (non-hydrogen) atoms. The molecule has 1 saturated heterocycles. The smallest absolute Gasteiger partial charge is 0.232 e. The van der Waals surface area contributed by atoms with Gasteiger partial charge in [0, 0.05) is 18.8 Å². The Hall–Kier alpha value is -1.30. The lowest BCUT2D eigenvalue weighted by Crippen LogP contribution is -2.29. The van der Waals surface area contributed by atoms with Crippen LogP contribution in [0.1, 0.15) is 26.2 Å². The Morgan fingerprint density at radius 3 is 2.58 bits per heavy atom. The van der Waals surface area contributed by atoms with E-state index in [1.54, 1.807) is 12.1 Å². The lowest BCUT2D eigenvalue weighted by atomic mass is 10.1. The number of halogens is 1. The van der Waals surface area contributed by atoms with E-state index in [9.17, 15) is 12.8 Å². The highest BCUT2D eigenvalue weighted by Crippen LogP contribution is 2.26. The maximum atomic E-state index is 13.7. The van der Waals surface area contributed by atoms with Crippen LogP contribution in [0.5, 0.6) is 0 Å². The Bertz CT molecular complexity index is 540. The van der Waals surface area contributed by atoms with Crippen molar-refractivity contribution in [2.45, 2.75) is 26.2 Å². The highest BCUT2D eigenvalue weighted by atomic mass is 32.2. The second-order valence-electron chi connectivity index (χ2n) is 4.72. The molecule has 0 unspecified atom stereocenters. The van der Waals surface area contributed by atoms with E-state index in [0.717, 1.165) is 31.6 Å². The lowest BCUT2D eigenvalue weighted by molar-refractivity contribution is 0.576. The van der Waals surface area contributed by atoms with Crippen LogP contribution in [0.3, 0.4) is 0 Å². The zero-order valence-electron chi connectivity index (χ0n) is 11.0. The Morgan fingerprint density at radius 2 is 1.95 bits per heavy atom. The largest absolute Gasteiger partial charge is 0.371 e. The average molecular weight is 286 g/mol. The number of rotatable bonds is 4. The van der Waals surface area contributed by atoms with Crippen LogP contribution in [0.4, 0.5) is 15.8 Å². The molecule has 0 radical (unpaired) electrons. The van der Waals surface area contributed by atoms with Crippen molar-refractivity contribution in [3.8, 4) is 0 Å². The van der Waals surface area contributed by atoms with Gasteiger partial charge >= 0.3 is 0 Å². The van der Waals surface area contributed by atoms with Gasteiger partial charge in [0.2, 0.25) is 10.0 Å². The summed E-state index contributed by atoms with van der Waals surface area (Å²) in [6.45, 7) is 3.39. The number of nitrogens with zero attached hydrogens (tertiary/aromatic N) is 1. The normalized spacial score (nSPS) is 16.4. The Labute approximate surface area is 113 Å². The molecule has 2 rings (SSSR count). The van der Waals surface area contributed by atoms with E-state index in [1.807, 2.05) is 0 Å². The van der Waals surface area contributed by atoms with Crippen molar-refractivity contribution in [2.75, 3.05) is 28.5 Å².